The van der Waals surface area contributed by atoms with Gasteiger partial charge in [-0.25, -0.2) is 4.79 Å². The van der Waals surface area contributed by atoms with Crippen LogP contribution in [0.2, 0.25) is 0 Å². The van der Waals surface area contributed by atoms with Gasteiger partial charge in [-0.05, 0) is 85.8 Å². The maximum absolute atomic E-state index is 13.2. The number of amides is 2. The van der Waals surface area contributed by atoms with Gasteiger partial charge in [-0.1, -0.05) is 57.2 Å². The molecule has 0 fully saturated rings. The Morgan fingerprint density at radius 3 is 2.27 bits per heavy atom. The summed E-state index contributed by atoms with van der Waals surface area (Å²) in [6.07, 6.45) is 3.98. The number of hydrogen-bond donors (Lipinski definition) is 3. The maximum atomic E-state index is 13.2. The standard InChI is InChI=1S/C30H42N2O4S/c1-20-10-8-9-11-22(20)24-18-21(13-15-26(33)32-30(5,6)19-29(2,3)4)12-14-23(24)27(34)31-25(28(35)36)16-17-37-7/h8-12,14,18,25H,13,15-17,19H2,1-7H3,(H,31,34)(H,32,33)(H,35,36). The fourth-order valence-electron chi connectivity index (χ4n) is 4.84. The van der Waals surface area contributed by atoms with Crippen LogP contribution in [0.1, 0.15) is 75.4 Å². The minimum absolute atomic E-state index is 0.00777. The summed E-state index contributed by atoms with van der Waals surface area (Å²) in [6.45, 7) is 12.5. The van der Waals surface area contributed by atoms with E-state index in [1.54, 1.807) is 17.8 Å². The first-order chi connectivity index (χ1) is 17.2. The summed E-state index contributed by atoms with van der Waals surface area (Å²) < 4.78 is 0. The average Bonchev–Trinajstić information content (AvgIpc) is 2.78. The molecule has 3 N–H and O–H groups in total. The molecular weight excluding hydrogens is 484 g/mol. The van der Waals surface area contributed by atoms with Crippen molar-refractivity contribution in [1.82, 2.24) is 10.6 Å². The van der Waals surface area contributed by atoms with Crippen molar-refractivity contribution in [3.8, 4) is 11.1 Å². The molecule has 202 valence electrons. The van der Waals surface area contributed by atoms with Crippen LogP contribution in [0, 0.1) is 12.3 Å². The molecule has 6 nitrogen and oxygen atoms in total. The Kier molecular flexibility index (Phi) is 10.8. The minimum atomic E-state index is -1.04. The fraction of sp³-hybridized carbons (Fsp3) is 0.500. The normalized spacial score (nSPS) is 12.6. The van der Waals surface area contributed by atoms with E-state index >= 15 is 0 Å². The highest BCUT2D eigenvalue weighted by Crippen LogP contribution is 2.29. The lowest BCUT2D eigenvalue weighted by Crippen LogP contribution is -2.45. The van der Waals surface area contributed by atoms with Crippen molar-refractivity contribution in [3.63, 3.8) is 0 Å². The number of carboxylic acids is 1. The molecule has 0 saturated carbocycles. The second-order valence-corrected chi connectivity index (χ2v) is 12.5. The Balaban J connectivity index is 2.28. The second kappa shape index (κ2) is 13.1. The van der Waals surface area contributed by atoms with Gasteiger partial charge in [0.15, 0.2) is 0 Å². The summed E-state index contributed by atoms with van der Waals surface area (Å²) in [5.41, 5.74) is 3.80. The third-order valence-corrected chi connectivity index (χ3v) is 6.71. The van der Waals surface area contributed by atoms with Crippen molar-refractivity contribution >= 4 is 29.5 Å². The zero-order valence-corrected chi connectivity index (χ0v) is 24.1. The highest BCUT2D eigenvalue weighted by molar-refractivity contribution is 7.98. The van der Waals surface area contributed by atoms with Gasteiger partial charge in [-0.3, -0.25) is 9.59 Å². The molecule has 2 amide bonds. The number of carboxylic acid groups (broad SMARTS) is 1. The molecule has 0 aliphatic rings. The van der Waals surface area contributed by atoms with Crippen molar-refractivity contribution in [1.29, 1.82) is 0 Å². The van der Waals surface area contributed by atoms with Gasteiger partial charge < -0.3 is 15.7 Å². The van der Waals surface area contributed by atoms with Crippen LogP contribution in [-0.4, -0.2) is 46.5 Å². The minimum Gasteiger partial charge on any atom is -0.480 e. The van der Waals surface area contributed by atoms with Crippen molar-refractivity contribution in [2.45, 2.75) is 78.8 Å². The molecule has 1 unspecified atom stereocenters. The van der Waals surface area contributed by atoms with E-state index in [0.717, 1.165) is 28.7 Å². The molecular formula is C30H42N2O4S. The first kappa shape index (κ1) is 30.4. The first-order valence-electron chi connectivity index (χ1n) is 12.7. The quantitative estimate of drug-likeness (QED) is 0.322. The average molecular weight is 527 g/mol. The molecule has 0 radical (unpaired) electrons. The predicted molar refractivity (Wildman–Crippen MR) is 153 cm³/mol. The van der Waals surface area contributed by atoms with Gasteiger partial charge in [0.05, 0.1) is 0 Å². The number of carbonyl (C=O) groups is 3. The van der Waals surface area contributed by atoms with E-state index in [1.807, 2.05) is 63.4 Å². The molecule has 2 aromatic carbocycles. The van der Waals surface area contributed by atoms with Crippen LogP contribution in [-0.2, 0) is 16.0 Å². The summed E-state index contributed by atoms with van der Waals surface area (Å²) >= 11 is 1.54. The molecule has 0 aromatic heterocycles. The zero-order chi connectivity index (χ0) is 27.8. The Labute approximate surface area is 226 Å². The number of benzene rings is 2. The van der Waals surface area contributed by atoms with Gasteiger partial charge in [0.2, 0.25) is 5.91 Å². The SMILES string of the molecule is CSCCC(NC(=O)c1ccc(CCC(=O)NC(C)(C)CC(C)(C)C)cc1-c1ccccc1C)C(=O)O. The van der Waals surface area contributed by atoms with Crippen molar-refractivity contribution in [2.24, 2.45) is 5.41 Å². The van der Waals surface area contributed by atoms with E-state index in [9.17, 15) is 19.5 Å². The highest BCUT2D eigenvalue weighted by atomic mass is 32.2. The molecule has 0 saturated heterocycles. The largest absolute Gasteiger partial charge is 0.480 e. The van der Waals surface area contributed by atoms with Crippen LogP contribution in [0.25, 0.3) is 11.1 Å². The van der Waals surface area contributed by atoms with Crippen LogP contribution in [0.4, 0.5) is 0 Å². The summed E-state index contributed by atoms with van der Waals surface area (Å²) in [5, 5.41) is 15.4. The Morgan fingerprint density at radius 1 is 1.00 bits per heavy atom. The molecule has 2 rings (SSSR count). The fourth-order valence-corrected chi connectivity index (χ4v) is 5.31. The van der Waals surface area contributed by atoms with Gasteiger partial charge in [-0.15, -0.1) is 0 Å². The Hall–Kier alpha value is -2.80. The number of rotatable bonds is 12. The van der Waals surface area contributed by atoms with E-state index in [0.29, 0.717) is 30.6 Å². The molecule has 0 spiro atoms. The van der Waals surface area contributed by atoms with E-state index in [4.69, 9.17) is 0 Å². The molecule has 1 atom stereocenters. The van der Waals surface area contributed by atoms with Crippen LogP contribution >= 0.6 is 11.8 Å². The lowest BCUT2D eigenvalue weighted by molar-refractivity contribution is -0.139. The lowest BCUT2D eigenvalue weighted by atomic mass is 9.81. The Bertz CT molecular complexity index is 1110. The lowest BCUT2D eigenvalue weighted by Gasteiger charge is -2.33. The van der Waals surface area contributed by atoms with Gasteiger partial charge in [0.1, 0.15) is 6.04 Å². The van der Waals surface area contributed by atoms with Crippen molar-refractivity contribution in [2.75, 3.05) is 12.0 Å². The molecule has 0 bridgehead atoms. The smallest absolute Gasteiger partial charge is 0.326 e. The van der Waals surface area contributed by atoms with E-state index in [1.165, 1.54) is 0 Å². The van der Waals surface area contributed by atoms with Crippen LogP contribution in [0.15, 0.2) is 42.5 Å². The Morgan fingerprint density at radius 2 is 1.68 bits per heavy atom. The number of nitrogens with one attached hydrogen (secondary N) is 2. The first-order valence-corrected chi connectivity index (χ1v) is 14.1. The number of aliphatic carboxylic acids is 1. The van der Waals surface area contributed by atoms with E-state index < -0.39 is 17.9 Å². The third-order valence-electron chi connectivity index (χ3n) is 6.07. The predicted octanol–water partition coefficient (Wildman–Crippen LogP) is 5.86. The van der Waals surface area contributed by atoms with Crippen LogP contribution in [0.3, 0.4) is 0 Å². The summed E-state index contributed by atoms with van der Waals surface area (Å²) in [6, 6.07) is 12.4. The van der Waals surface area contributed by atoms with Gasteiger partial charge >= 0.3 is 5.97 Å². The monoisotopic (exact) mass is 526 g/mol. The van der Waals surface area contributed by atoms with Gasteiger partial charge in [0.25, 0.3) is 5.91 Å². The zero-order valence-electron chi connectivity index (χ0n) is 23.2. The number of aryl methyl sites for hydroxylation is 2. The van der Waals surface area contributed by atoms with Crippen molar-refractivity contribution < 1.29 is 19.5 Å². The molecule has 2 aromatic rings. The van der Waals surface area contributed by atoms with E-state index in [2.05, 4.69) is 31.4 Å². The third kappa shape index (κ3) is 9.88. The van der Waals surface area contributed by atoms with Crippen molar-refractivity contribution in [3.05, 3.63) is 59.2 Å². The molecule has 0 aliphatic carbocycles. The topological polar surface area (TPSA) is 95.5 Å². The summed E-state index contributed by atoms with van der Waals surface area (Å²) in [7, 11) is 0. The van der Waals surface area contributed by atoms with Crippen LogP contribution < -0.4 is 10.6 Å². The number of hydrogen-bond acceptors (Lipinski definition) is 4. The number of carbonyl (C=O) groups excluding carboxylic acids is 2. The second-order valence-electron chi connectivity index (χ2n) is 11.5. The number of thioether (sulfide) groups is 1. The van der Waals surface area contributed by atoms with Gasteiger partial charge in [-0.2, -0.15) is 11.8 Å². The molecule has 0 aliphatic heterocycles. The highest BCUT2D eigenvalue weighted by Gasteiger charge is 2.27. The van der Waals surface area contributed by atoms with Crippen LogP contribution in [0.5, 0.6) is 0 Å². The maximum Gasteiger partial charge on any atom is 0.326 e. The van der Waals surface area contributed by atoms with Gasteiger partial charge in [0, 0.05) is 17.5 Å². The summed E-state index contributed by atoms with van der Waals surface area (Å²) in [4.78, 5) is 37.7. The van der Waals surface area contributed by atoms with E-state index in [-0.39, 0.29) is 16.9 Å². The molecule has 7 heteroatoms. The molecule has 0 heterocycles. The molecule has 37 heavy (non-hydrogen) atoms. The summed E-state index contributed by atoms with van der Waals surface area (Å²) in [5.74, 6) is -0.835.